The summed E-state index contributed by atoms with van der Waals surface area (Å²) in [6.45, 7) is 1.24. The van der Waals surface area contributed by atoms with Crippen molar-refractivity contribution in [3.63, 3.8) is 0 Å². The van der Waals surface area contributed by atoms with Crippen LogP contribution in [-0.2, 0) is 20.1 Å². The van der Waals surface area contributed by atoms with Crippen LogP contribution in [0.2, 0.25) is 5.02 Å². The number of rotatable bonds is 8. The molecule has 2 N–H and O–H groups in total. The van der Waals surface area contributed by atoms with Crippen LogP contribution in [0.4, 0.5) is 0 Å². The summed E-state index contributed by atoms with van der Waals surface area (Å²) in [6.07, 6.45) is 6.25. The Morgan fingerprint density at radius 1 is 1.31 bits per heavy atom. The number of nitrogens with zero attached hydrogens (tertiary/aromatic N) is 4. The Balaban J connectivity index is 1.46. The van der Waals surface area contributed by atoms with Crippen molar-refractivity contribution in [1.29, 1.82) is 0 Å². The van der Waals surface area contributed by atoms with E-state index in [2.05, 4.69) is 15.3 Å². The van der Waals surface area contributed by atoms with E-state index in [0.29, 0.717) is 41.5 Å². The predicted octanol–water partition coefficient (Wildman–Crippen LogP) is 3.36. The van der Waals surface area contributed by atoms with Crippen LogP contribution in [0.3, 0.4) is 0 Å². The first-order valence-corrected chi connectivity index (χ1v) is 12.3. The second-order valence-electron chi connectivity index (χ2n) is 8.39. The minimum atomic E-state index is -0.717. The Kier molecular flexibility index (Phi) is 7.92. The van der Waals surface area contributed by atoms with Crippen LogP contribution in [0.25, 0.3) is 10.2 Å². The van der Waals surface area contributed by atoms with E-state index in [0.717, 1.165) is 16.0 Å². The van der Waals surface area contributed by atoms with E-state index in [4.69, 9.17) is 11.6 Å². The Hall–Kier alpha value is -3.11. The molecule has 0 bridgehead atoms. The van der Waals surface area contributed by atoms with Gasteiger partial charge in [-0.15, -0.1) is 11.3 Å². The number of thiophene rings is 1. The molecule has 0 radical (unpaired) electrons. The third-order valence-corrected chi connectivity index (χ3v) is 6.98. The van der Waals surface area contributed by atoms with E-state index >= 15 is 0 Å². The summed E-state index contributed by atoms with van der Waals surface area (Å²) in [5, 5.41) is 14.0. The number of fused-ring (bicyclic) bond motifs is 1. The van der Waals surface area contributed by atoms with Crippen molar-refractivity contribution in [3.05, 3.63) is 80.2 Å². The summed E-state index contributed by atoms with van der Waals surface area (Å²) >= 11 is 7.27. The van der Waals surface area contributed by atoms with Gasteiger partial charge >= 0.3 is 0 Å². The molecule has 0 saturated carbocycles. The number of hydrogen-bond acceptors (Lipinski definition) is 7. The molecule has 3 heterocycles. The Morgan fingerprint density at radius 3 is 2.86 bits per heavy atom. The number of carbonyl (C=O) groups excluding carboxylic acids is 1. The minimum Gasteiger partial charge on any atom is -0.386 e. The van der Waals surface area contributed by atoms with Crippen molar-refractivity contribution >= 4 is 51.0 Å². The van der Waals surface area contributed by atoms with Gasteiger partial charge in [-0.05, 0) is 30.8 Å². The number of aliphatic hydroxyl groups excluding tert-OH is 1. The van der Waals surface area contributed by atoms with Crippen LogP contribution >= 0.6 is 22.9 Å². The second kappa shape index (κ2) is 11.1. The lowest BCUT2D eigenvalue weighted by molar-refractivity contribution is 0.0949. The van der Waals surface area contributed by atoms with Crippen molar-refractivity contribution in [2.75, 3.05) is 13.6 Å². The predicted molar refractivity (Wildman–Crippen MR) is 142 cm³/mol. The monoisotopic (exact) mass is 511 g/mol. The molecule has 1 atom stereocenters. The lowest BCUT2D eigenvalue weighted by atomic mass is 10.1. The molecule has 0 spiro atoms. The fourth-order valence-corrected chi connectivity index (χ4v) is 5.15. The molecule has 3 aromatic rings. The highest BCUT2D eigenvalue weighted by Crippen LogP contribution is 2.24. The highest BCUT2D eigenvalue weighted by Gasteiger charge is 2.19. The lowest BCUT2D eigenvalue weighted by Gasteiger charge is -2.20. The SMILES string of the molecule is CN(Cc1cc2c(s1)c(=O)c(C(=O)NCc1ccc(Cl)cc1)cn2C)CC(O)C1=NC=CN=CC1. The van der Waals surface area contributed by atoms with E-state index in [-0.39, 0.29) is 11.0 Å². The van der Waals surface area contributed by atoms with Gasteiger partial charge in [-0.1, -0.05) is 23.7 Å². The van der Waals surface area contributed by atoms with Gasteiger partial charge < -0.3 is 15.0 Å². The molecule has 182 valence electrons. The molecule has 0 saturated heterocycles. The Labute approximate surface area is 211 Å². The molecule has 1 aliphatic rings. The average Bonchev–Trinajstić information content (AvgIpc) is 3.07. The molecule has 1 amide bonds. The molecule has 4 rings (SSSR count). The second-order valence-corrected chi connectivity index (χ2v) is 9.96. The molecule has 0 aliphatic carbocycles. The van der Waals surface area contributed by atoms with E-state index in [9.17, 15) is 14.7 Å². The van der Waals surface area contributed by atoms with E-state index in [1.807, 2.05) is 37.2 Å². The zero-order chi connectivity index (χ0) is 24.9. The van der Waals surface area contributed by atoms with Crippen LogP contribution in [0.1, 0.15) is 27.2 Å². The molecule has 2 aromatic heterocycles. The first-order chi connectivity index (χ1) is 16.8. The normalized spacial score (nSPS) is 14.3. The number of aromatic nitrogens is 1. The fraction of sp³-hybridized carbons (Fsp3) is 0.280. The van der Waals surface area contributed by atoms with Crippen molar-refractivity contribution in [3.8, 4) is 0 Å². The molecule has 10 heteroatoms. The molecular formula is C25H26ClN5O3S. The van der Waals surface area contributed by atoms with E-state index in [1.54, 1.807) is 41.5 Å². The third kappa shape index (κ3) is 6.12. The molecule has 1 unspecified atom stereocenters. The van der Waals surface area contributed by atoms with Crippen LogP contribution in [0, 0.1) is 0 Å². The van der Waals surface area contributed by atoms with Gasteiger partial charge in [0.2, 0.25) is 5.43 Å². The smallest absolute Gasteiger partial charge is 0.257 e. The summed E-state index contributed by atoms with van der Waals surface area (Å²) in [7, 11) is 3.73. The van der Waals surface area contributed by atoms with Gasteiger partial charge in [-0.2, -0.15) is 0 Å². The lowest BCUT2D eigenvalue weighted by Crippen LogP contribution is -2.34. The summed E-state index contributed by atoms with van der Waals surface area (Å²) in [4.78, 5) is 37.1. The molecule has 1 aliphatic heterocycles. The molecular weight excluding hydrogens is 486 g/mol. The fourth-order valence-electron chi connectivity index (χ4n) is 3.80. The van der Waals surface area contributed by atoms with Crippen molar-refractivity contribution < 1.29 is 9.90 Å². The van der Waals surface area contributed by atoms with Gasteiger partial charge in [0.25, 0.3) is 5.91 Å². The average molecular weight is 512 g/mol. The highest BCUT2D eigenvalue weighted by molar-refractivity contribution is 7.19. The van der Waals surface area contributed by atoms with E-state index < -0.39 is 12.0 Å². The highest BCUT2D eigenvalue weighted by atomic mass is 35.5. The summed E-state index contributed by atoms with van der Waals surface area (Å²) in [5.41, 5.74) is 2.14. The van der Waals surface area contributed by atoms with Crippen LogP contribution in [-0.4, -0.2) is 52.1 Å². The number of benzene rings is 1. The van der Waals surface area contributed by atoms with Crippen molar-refractivity contribution in [1.82, 2.24) is 14.8 Å². The molecule has 35 heavy (non-hydrogen) atoms. The third-order valence-electron chi connectivity index (χ3n) is 5.62. The number of aryl methyl sites for hydroxylation is 1. The quantitative estimate of drug-likeness (QED) is 0.484. The zero-order valence-electron chi connectivity index (χ0n) is 19.4. The molecule has 1 aromatic carbocycles. The van der Waals surface area contributed by atoms with Crippen LogP contribution < -0.4 is 10.7 Å². The number of aliphatic hydroxyl groups is 1. The van der Waals surface area contributed by atoms with Crippen molar-refractivity contribution in [2.45, 2.75) is 25.6 Å². The van der Waals surface area contributed by atoms with E-state index in [1.165, 1.54) is 11.3 Å². The standard InChI is InChI=1S/C25H26ClN5O3S/c1-30(15-22(32)20-7-8-27-9-10-28-20)13-18-11-21-24(35-18)23(33)19(14-31(21)2)25(34)29-12-16-3-5-17(26)6-4-16/h3-6,8-11,14,22,32H,7,12-13,15H2,1-2H3,(H,29,34). The number of hydrogen-bond donors (Lipinski definition) is 2. The summed E-state index contributed by atoms with van der Waals surface area (Å²) in [6, 6.07) is 9.13. The van der Waals surface area contributed by atoms with Crippen LogP contribution in [0.15, 0.2) is 63.7 Å². The summed E-state index contributed by atoms with van der Waals surface area (Å²) < 4.78 is 2.33. The molecule has 0 fully saturated rings. The van der Waals surface area contributed by atoms with Gasteiger partial charge in [0.1, 0.15) is 11.7 Å². The zero-order valence-corrected chi connectivity index (χ0v) is 21.0. The number of likely N-dealkylation sites (N-methyl/N-ethyl adjacent to an activating group) is 1. The minimum absolute atomic E-state index is 0.104. The Morgan fingerprint density at radius 2 is 2.09 bits per heavy atom. The Bertz CT molecular complexity index is 1370. The number of pyridine rings is 1. The number of aliphatic imine (C=N–C) groups is 2. The first-order valence-electron chi connectivity index (χ1n) is 11.1. The number of amides is 1. The maximum atomic E-state index is 13.1. The van der Waals surface area contributed by atoms with Gasteiger partial charge in [0.05, 0.1) is 15.9 Å². The van der Waals surface area contributed by atoms with Gasteiger partial charge in [0, 0.05) is 67.8 Å². The number of carbonyl (C=O) groups is 1. The topological polar surface area (TPSA) is 99.3 Å². The van der Waals surface area contributed by atoms with Crippen molar-refractivity contribution in [2.24, 2.45) is 17.0 Å². The first kappa shape index (κ1) is 25.0. The van der Waals surface area contributed by atoms with Crippen LogP contribution in [0.5, 0.6) is 0 Å². The number of halogens is 1. The van der Waals surface area contributed by atoms with Gasteiger partial charge in [0.15, 0.2) is 0 Å². The summed E-state index contributed by atoms with van der Waals surface area (Å²) in [5.74, 6) is -0.417. The largest absolute Gasteiger partial charge is 0.386 e. The number of nitrogens with one attached hydrogen (secondary N) is 1. The maximum Gasteiger partial charge on any atom is 0.257 e. The van der Waals surface area contributed by atoms with Gasteiger partial charge in [-0.3, -0.25) is 24.5 Å². The maximum absolute atomic E-state index is 13.1. The molecule has 8 nitrogen and oxygen atoms in total. The van der Waals surface area contributed by atoms with Gasteiger partial charge in [-0.25, -0.2) is 0 Å².